The minimum Gasteiger partial charge on any atom is -0.496 e. The second-order valence-electron chi connectivity index (χ2n) is 5.33. The van der Waals surface area contributed by atoms with Crippen LogP contribution in [-0.4, -0.2) is 32.4 Å². The van der Waals surface area contributed by atoms with E-state index >= 15 is 0 Å². The Bertz CT molecular complexity index is 395. The molecule has 1 aromatic rings. The highest BCUT2D eigenvalue weighted by atomic mass is 16.5. The predicted octanol–water partition coefficient (Wildman–Crippen LogP) is 2.32. The summed E-state index contributed by atoms with van der Waals surface area (Å²) in [5, 5.41) is 3.69. The molecule has 0 aromatic heterocycles. The molecule has 1 unspecified atom stereocenters. The molecule has 1 atom stereocenters. The highest BCUT2D eigenvalue weighted by Gasteiger charge is 2.33. The van der Waals surface area contributed by atoms with Gasteiger partial charge in [-0.15, -0.1) is 0 Å². The van der Waals surface area contributed by atoms with Gasteiger partial charge in [0, 0.05) is 18.7 Å². The monoisotopic (exact) mass is 247 g/mol. The molecule has 1 N–H and O–H groups in total. The number of benzene rings is 1. The minimum atomic E-state index is 0.577. The Morgan fingerprint density at radius 1 is 1.22 bits per heavy atom. The van der Waals surface area contributed by atoms with E-state index in [0.717, 1.165) is 25.4 Å². The molecule has 2 fully saturated rings. The lowest BCUT2D eigenvalue weighted by molar-refractivity contribution is 0.180. The summed E-state index contributed by atoms with van der Waals surface area (Å²) in [4.78, 5) is 0. The van der Waals surface area contributed by atoms with Crippen LogP contribution in [0.25, 0.3) is 0 Å². The zero-order valence-corrected chi connectivity index (χ0v) is 10.9. The molecule has 0 spiro atoms. The third kappa shape index (κ3) is 2.38. The summed E-state index contributed by atoms with van der Waals surface area (Å²) in [6.45, 7) is 1.80. The van der Waals surface area contributed by atoms with E-state index in [9.17, 15) is 0 Å². The normalized spacial score (nSPS) is 31.1. The van der Waals surface area contributed by atoms with Crippen molar-refractivity contribution in [1.29, 1.82) is 0 Å². The molecular weight excluding hydrogens is 226 g/mol. The van der Waals surface area contributed by atoms with E-state index in [0.29, 0.717) is 18.0 Å². The van der Waals surface area contributed by atoms with Crippen molar-refractivity contribution in [2.45, 2.75) is 37.3 Å². The molecule has 1 heterocycles. The highest BCUT2D eigenvalue weighted by Crippen LogP contribution is 2.41. The highest BCUT2D eigenvalue weighted by molar-refractivity contribution is 5.37. The van der Waals surface area contributed by atoms with Crippen LogP contribution < -0.4 is 10.1 Å². The Hall–Kier alpha value is -1.06. The number of rotatable bonds is 4. The number of ether oxygens (including phenoxy) is 2. The van der Waals surface area contributed by atoms with Crippen molar-refractivity contribution in [2.75, 3.05) is 20.3 Å². The predicted molar refractivity (Wildman–Crippen MR) is 71.1 cm³/mol. The Labute approximate surface area is 108 Å². The maximum absolute atomic E-state index is 5.43. The summed E-state index contributed by atoms with van der Waals surface area (Å²) in [5.74, 6) is 1.69. The average molecular weight is 247 g/mol. The Kier molecular flexibility index (Phi) is 3.52. The van der Waals surface area contributed by atoms with E-state index in [1.165, 1.54) is 18.4 Å². The average Bonchev–Trinajstić information content (AvgIpc) is 2.86. The molecule has 1 aromatic carbocycles. The number of nitrogens with one attached hydrogen (secondary N) is 1. The fourth-order valence-corrected chi connectivity index (χ4v) is 3.01. The quantitative estimate of drug-likeness (QED) is 0.885. The van der Waals surface area contributed by atoms with Gasteiger partial charge in [-0.1, -0.05) is 18.2 Å². The van der Waals surface area contributed by atoms with Crippen molar-refractivity contribution in [1.82, 2.24) is 5.32 Å². The van der Waals surface area contributed by atoms with Gasteiger partial charge in [0.15, 0.2) is 0 Å². The van der Waals surface area contributed by atoms with Gasteiger partial charge in [0.25, 0.3) is 0 Å². The topological polar surface area (TPSA) is 30.5 Å². The molecule has 1 aliphatic carbocycles. The van der Waals surface area contributed by atoms with Gasteiger partial charge in [-0.25, -0.2) is 0 Å². The number of methoxy groups -OCH3 is 1. The van der Waals surface area contributed by atoms with Crippen molar-refractivity contribution in [3.63, 3.8) is 0 Å². The van der Waals surface area contributed by atoms with Crippen LogP contribution >= 0.6 is 0 Å². The maximum atomic E-state index is 5.43. The van der Waals surface area contributed by atoms with Gasteiger partial charge in [0.05, 0.1) is 13.7 Å². The molecule has 1 saturated carbocycles. The number of hydrogen-bond acceptors (Lipinski definition) is 3. The maximum Gasteiger partial charge on any atom is 0.122 e. The van der Waals surface area contributed by atoms with Gasteiger partial charge in [-0.05, 0) is 36.8 Å². The molecule has 1 aliphatic heterocycles. The van der Waals surface area contributed by atoms with Crippen molar-refractivity contribution in [2.24, 2.45) is 0 Å². The lowest BCUT2D eigenvalue weighted by atomic mass is 9.75. The van der Waals surface area contributed by atoms with Crippen LogP contribution in [0.2, 0.25) is 0 Å². The van der Waals surface area contributed by atoms with Gasteiger partial charge < -0.3 is 14.8 Å². The standard InChI is InChI=1S/C15H21NO2/c1-17-15-5-3-2-4-14(15)11-8-13(9-11)16-12-6-7-18-10-12/h2-5,11-13,16H,6-10H2,1H3. The molecule has 0 bridgehead atoms. The summed E-state index contributed by atoms with van der Waals surface area (Å²) in [7, 11) is 1.75. The Balaban J connectivity index is 1.54. The first kappa shape index (κ1) is 12.0. The summed E-state index contributed by atoms with van der Waals surface area (Å²) in [6.07, 6.45) is 3.60. The molecule has 98 valence electrons. The van der Waals surface area contributed by atoms with Gasteiger partial charge in [0.2, 0.25) is 0 Å². The van der Waals surface area contributed by atoms with Crippen LogP contribution in [0, 0.1) is 0 Å². The van der Waals surface area contributed by atoms with Gasteiger partial charge in [-0.3, -0.25) is 0 Å². The summed E-state index contributed by atoms with van der Waals surface area (Å²) in [6, 6.07) is 9.62. The minimum absolute atomic E-state index is 0.577. The van der Waals surface area contributed by atoms with Crippen molar-refractivity contribution in [3.8, 4) is 5.75 Å². The summed E-state index contributed by atoms with van der Waals surface area (Å²) < 4.78 is 10.8. The molecule has 2 aliphatic rings. The van der Waals surface area contributed by atoms with E-state index in [4.69, 9.17) is 9.47 Å². The fraction of sp³-hybridized carbons (Fsp3) is 0.600. The van der Waals surface area contributed by atoms with E-state index < -0.39 is 0 Å². The molecular formula is C15H21NO2. The van der Waals surface area contributed by atoms with Crippen LogP contribution in [-0.2, 0) is 4.74 Å². The smallest absolute Gasteiger partial charge is 0.122 e. The first-order valence-corrected chi connectivity index (χ1v) is 6.83. The van der Waals surface area contributed by atoms with Crippen LogP contribution in [0.4, 0.5) is 0 Å². The lowest BCUT2D eigenvalue weighted by Gasteiger charge is -2.38. The number of para-hydroxylation sites is 1. The first-order chi connectivity index (χ1) is 8.86. The first-order valence-electron chi connectivity index (χ1n) is 6.83. The fourth-order valence-electron chi connectivity index (χ4n) is 3.01. The van der Waals surface area contributed by atoms with E-state index in [1.54, 1.807) is 7.11 Å². The van der Waals surface area contributed by atoms with Gasteiger partial charge >= 0.3 is 0 Å². The van der Waals surface area contributed by atoms with Gasteiger partial charge in [0.1, 0.15) is 5.75 Å². The molecule has 3 nitrogen and oxygen atoms in total. The molecule has 0 radical (unpaired) electrons. The van der Waals surface area contributed by atoms with Crippen molar-refractivity contribution < 1.29 is 9.47 Å². The van der Waals surface area contributed by atoms with Crippen LogP contribution in [0.3, 0.4) is 0 Å². The van der Waals surface area contributed by atoms with Crippen molar-refractivity contribution >= 4 is 0 Å². The lowest BCUT2D eigenvalue weighted by Crippen LogP contribution is -2.45. The second-order valence-corrected chi connectivity index (χ2v) is 5.33. The third-order valence-electron chi connectivity index (χ3n) is 4.12. The second kappa shape index (κ2) is 5.29. The molecule has 1 saturated heterocycles. The molecule has 3 rings (SSSR count). The van der Waals surface area contributed by atoms with Crippen LogP contribution in [0.15, 0.2) is 24.3 Å². The molecule has 3 heteroatoms. The third-order valence-corrected chi connectivity index (χ3v) is 4.12. The van der Waals surface area contributed by atoms with E-state index in [-0.39, 0.29) is 0 Å². The van der Waals surface area contributed by atoms with Crippen LogP contribution in [0.5, 0.6) is 5.75 Å². The SMILES string of the molecule is COc1ccccc1C1CC(NC2CCOC2)C1. The zero-order chi connectivity index (χ0) is 12.4. The van der Waals surface area contributed by atoms with E-state index in [2.05, 4.69) is 23.5 Å². The molecule has 0 amide bonds. The Morgan fingerprint density at radius 3 is 2.78 bits per heavy atom. The number of hydrogen-bond donors (Lipinski definition) is 1. The zero-order valence-electron chi connectivity index (χ0n) is 10.9. The summed E-state index contributed by atoms with van der Waals surface area (Å²) in [5.41, 5.74) is 1.36. The Morgan fingerprint density at radius 2 is 2.06 bits per heavy atom. The van der Waals surface area contributed by atoms with Gasteiger partial charge in [-0.2, -0.15) is 0 Å². The van der Waals surface area contributed by atoms with E-state index in [1.807, 2.05) is 6.07 Å². The summed E-state index contributed by atoms with van der Waals surface area (Å²) >= 11 is 0. The largest absolute Gasteiger partial charge is 0.496 e. The van der Waals surface area contributed by atoms with Crippen LogP contribution in [0.1, 0.15) is 30.7 Å². The molecule has 18 heavy (non-hydrogen) atoms. The van der Waals surface area contributed by atoms with Crippen molar-refractivity contribution in [3.05, 3.63) is 29.8 Å².